The highest BCUT2D eigenvalue weighted by Crippen LogP contribution is 2.32. The van der Waals surface area contributed by atoms with Crippen LogP contribution < -0.4 is 10.6 Å². The van der Waals surface area contributed by atoms with Crippen molar-refractivity contribution >= 4 is 29.7 Å². The highest BCUT2D eigenvalue weighted by Gasteiger charge is 2.35. The molecule has 4 nitrogen and oxygen atoms in total. The monoisotopic (exact) mass is 329 g/mol. The van der Waals surface area contributed by atoms with Gasteiger partial charge < -0.3 is 10.6 Å². The maximum atomic E-state index is 12.5. The fourth-order valence-electron chi connectivity index (χ4n) is 1.68. The van der Waals surface area contributed by atoms with E-state index in [1.54, 1.807) is 6.92 Å². The van der Waals surface area contributed by atoms with Gasteiger partial charge in [0.1, 0.15) is 5.01 Å². The summed E-state index contributed by atoms with van der Waals surface area (Å²) in [5, 5.41) is 7.01. The standard InChI is InChI=1S/C11H14F3N3OS.ClH/c1-2-7(16-9(18)6-3-15-4-6)10-17-8(5-19-10)11(12,13)14;/h5-7,15H,2-4H2,1H3,(H,16,18);1H. The molecule has 0 saturated carbocycles. The number of amides is 1. The van der Waals surface area contributed by atoms with Crippen LogP contribution in [-0.2, 0) is 11.0 Å². The van der Waals surface area contributed by atoms with Crippen molar-refractivity contribution in [3.05, 3.63) is 16.1 Å². The van der Waals surface area contributed by atoms with E-state index in [0.29, 0.717) is 24.5 Å². The SMILES string of the molecule is CCC(NC(=O)C1CNC1)c1nc(C(F)(F)F)cs1.Cl. The van der Waals surface area contributed by atoms with Crippen molar-refractivity contribution in [3.8, 4) is 0 Å². The predicted molar refractivity (Wildman–Crippen MR) is 71.9 cm³/mol. The van der Waals surface area contributed by atoms with Crippen molar-refractivity contribution in [3.63, 3.8) is 0 Å². The Balaban J connectivity index is 0.00000200. The van der Waals surface area contributed by atoms with Crippen LogP contribution >= 0.6 is 23.7 Å². The molecule has 0 spiro atoms. The van der Waals surface area contributed by atoms with Gasteiger partial charge in [0.05, 0.1) is 12.0 Å². The van der Waals surface area contributed by atoms with Crippen molar-refractivity contribution < 1.29 is 18.0 Å². The van der Waals surface area contributed by atoms with E-state index in [-0.39, 0.29) is 24.2 Å². The van der Waals surface area contributed by atoms with Gasteiger partial charge in [0.25, 0.3) is 0 Å². The summed E-state index contributed by atoms with van der Waals surface area (Å²) in [5.74, 6) is -0.217. The average molecular weight is 330 g/mol. The second-order valence-corrected chi connectivity index (χ2v) is 5.28. The lowest BCUT2D eigenvalue weighted by molar-refractivity contribution is -0.140. The van der Waals surface area contributed by atoms with Crippen molar-refractivity contribution in [2.45, 2.75) is 25.6 Å². The lowest BCUT2D eigenvalue weighted by atomic mass is 10.0. The van der Waals surface area contributed by atoms with E-state index in [1.807, 2.05) is 0 Å². The summed E-state index contributed by atoms with van der Waals surface area (Å²) in [7, 11) is 0. The molecule has 1 aliphatic heterocycles. The number of nitrogens with zero attached hydrogens (tertiary/aromatic N) is 1. The number of alkyl halides is 3. The van der Waals surface area contributed by atoms with Gasteiger partial charge >= 0.3 is 6.18 Å². The second-order valence-electron chi connectivity index (χ2n) is 4.39. The van der Waals surface area contributed by atoms with Gasteiger partial charge in [-0.05, 0) is 6.42 Å². The van der Waals surface area contributed by atoms with Gasteiger partial charge in [-0.15, -0.1) is 23.7 Å². The quantitative estimate of drug-likeness (QED) is 0.891. The molecule has 0 aliphatic carbocycles. The number of hydrogen-bond donors (Lipinski definition) is 2. The van der Waals surface area contributed by atoms with Gasteiger partial charge in [-0.3, -0.25) is 4.79 Å². The zero-order chi connectivity index (χ0) is 14.0. The third kappa shape index (κ3) is 3.83. The molecule has 0 radical (unpaired) electrons. The minimum Gasteiger partial charge on any atom is -0.347 e. The van der Waals surface area contributed by atoms with Gasteiger partial charge in [-0.25, -0.2) is 4.98 Å². The first-order chi connectivity index (χ1) is 8.91. The summed E-state index contributed by atoms with van der Waals surface area (Å²) >= 11 is 0.927. The number of aromatic nitrogens is 1. The summed E-state index contributed by atoms with van der Waals surface area (Å²) in [5.41, 5.74) is -0.898. The molecule has 1 fully saturated rings. The number of nitrogens with one attached hydrogen (secondary N) is 2. The zero-order valence-corrected chi connectivity index (χ0v) is 12.3. The normalized spacial score (nSPS) is 17.0. The molecule has 114 valence electrons. The van der Waals surface area contributed by atoms with E-state index in [4.69, 9.17) is 0 Å². The Kier molecular flexibility index (Phi) is 5.79. The topological polar surface area (TPSA) is 54.0 Å². The van der Waals surface area contributed by atoms with Crippen LogP contribution in [0.15, 0.2) is 5.38 Å². The van der Waals surface area contributed by atoms with Gasteiger partial charge in [0.15, 0.2) is 5.69 Å². The van der Waals surface area contributed by atoms with Gasteiger partial charge in [-0.2, -0.15) is 13.2 Å². The molecule has 1 unspecified atom stereocenters. The molecule has 20 heavy (non-hydrogen) atoms. The third-order valence-electron chi connectivity index (χ3n) is 2.99. The van der Waals surface area contributed by atoms with Crippen LogP contribution in [0.5, 0.6) is 0 Å². The van der Waals surface area contributed by atoms with E-state index in [9.17, 15) is 18.0 Å². The Bertz CT molecular complexity index is 462. The summed E-state index contributed by atoms with van der Waals surface area (Å²) in [6, 6.07) is -0.450. The molecule has 2 heterocycles. The lowest BCUT2D eigenvalue weighted by Gasteiger charge is -2.27. The molecule has 0 aromatic carbocycles. The van der Waals surface area contributed by atoms with Gasteiger partial charge in [-0.1, -0.05) is 6.92 Å². The summed E-state index contributed by atoms with van der Waals surface area (Å²) in [6.45, 7) is 3.04. The Labute approximate surface area is 124 Å². The molecule has 1 atom stereocenters. The molecule has 0 bridgehead atoms. The molecule has 1 aromatic heterocycles. The number of halogens is 4. The number of rotatable bonds is 4. The second kappa shape index (κ2) is 6.73. The van der Waals surface area contributed by atoms with Crippen LogP contribution in [0, 0.1) is 5.92 Å². The molecule has 1 aliphatic rings. The zero-order valence-electron chi connectivity index (χ0n) is 10.7. The van der Waals surface area contributed by atoms with Gasteiger partial charge in [0.2, 0.25) is 5.91 Å². The molecule has 1 amide bonds. The highest BCUT2D eigenvalue weighted by atomic mass is 35.5. The number of carbonyl (C=O) groups excluding carboxylic acids is 1. The van der Waals surface area contributed by atoms with Crippen molar-refractivity contribution in [1.29, 1.82) is 0 Å². The van der Waals surface area contributed by atoms with Crippen molar-refractivity contribution in [2.24, 2.45) is 5.92 Å². The van der Waals surface area contributed by atoms with E-state index < -0.39 is 17.9 Å². The Hall–Kier alpha value is -0.860. The number of hydrogen-bond acceptors (Lipinski definition) is 4. The molecule has 2 rings (SSSR count). The summed E-state index contributed by atoms with van der Waals surface area (Å²) < 4.78 is 37.4. The average Bonchev–Trinajstić information content (AvgIpc) is 2.71. The van der Waals surface area contributed by atoms with Crippen LogP contribution in [0.4, 0.5) is 13.2 Å². The van der Waals surface area contributed by atoms with E-state index in [0.717, 1.165) is 16.7 Å². The largest absolute Gasteiger partial charge is 0.434 e. The maximum Gasteiger partial charge on any atom is 0.434 e. The minimum absolute atomic E-state index is 0. The summed E-state index contributed by atoms with van der Waals surface area (Å²) in [4.78, 5) is 15.3. The Morgan fingerprint density at radius 1 is 1.60 bits per heavy atom. The van der Waals surface area contributed by atoms with Gasteiger partial charge in [0, 0.05) is 18.5 Å². The fraction of sp³-hybridized carbons (Fsp3) is 0.636. The lowest BCUT2D eigenvalue weighted by Crippen LogP contribution is -2.51. The third-order valence-corrected chi connectivity index (χ3v) is 3.95. The van der Waals surface area contributed by atoms with Crippen molar-refractivity contribution in [1.82, 2.24) is 15.6 Å². The van der Waals surface area contributed by atoms with Crippen LogP contribution in [0.1, 0.15) is 30.1 Å². The Morgan fingerprint density at radius 2 is 2.25 bits per heavy atom. The van der Waals surface area contributed by atoms with Crippen LogP contribution in [0.3, 0.4) is 0 Å². The molecule has 2 N–H and O–H groups in total. The fourth-order valence-corrected chi connectivity index (χ4v) is 2.64. The molecule has 9 heteroatoms. The maximum absolute atomic E-state index is 12.5. The summed E-state index contributed by atoms with van der Waals surface area (Å²) in [6.07, 6.45) is -3.92. The van der Waals surface area contributed by atoms with E-state index in [1.165, 1.54) is 0 Å². The molecular formula is C11H15ClF3N3OS. The van der Waals surface area contributed by atoms with Crippen LogP contribution in [-0.4, -0.2) is 24.0 Å². The van der Waals surface area contributed by atoms with E-state index in [2.05, 4.69) is 15.6 Å². The molecule has 1 aromatic rings. The van der Waals surface area contributed by atoms with Crippen molar-refractivity contribution in [2.75, 3.05) is 13.1 Å². The first-order valence-electron chi connectivity index (χ1n) is 5.95. The highest BCUT2D eigenvalue weighted by molar-refractivity contribution is 7.09. The minimum atomic E-state index is -4.44. The van der Waals surface area contributed by atoms with E-state index >= 15 is 0 Å². The van der Waals surface area contributed by atoms with Crippen LogP contribution in [0.2, 0.25) is 0 Å². The Morgan fingerprint density at radius 3 is 2.65 bits per heavy atom. The smallest absolute Gasteiger partial charge is 0.347 e. The first kappa shape index (κ1) is 17.2. The van der Waals surface area contributed by atoms with Crippen LogP contribution in [0.25, 0.3) is 0 Å². The number of thiazole rings is 1. The molecular weight excluding hydrogens is 315 g/mol. The number of carbonyl (C=O) groups is 1. The first-order valence-corrected chi connectivity index (χ1v) is 6.83. The predicted octanol–water partition coefficient (Wildman–Crippen LogP) is 2.37. The molecule has 1 saturated heterocycles.